The minimum absolute atomic E-state index is 0.0925. The summed E-state index contributed by atoms with van der Waals surface area (Å²) in [7, 11) is 0. The second kappa shape index (κ2) is 11.2. The number of rotatable bonds is 8. The zero-order valence-electron chi connectivity index (χ0n) is 19.4. The lowest BCUT2D eigenvalue weighted by atomic mass is 9.93. The number of benzene rings is 1. The van der Waals surface area contributed by atoms with Crippen molar-refractivity contribution in [3.63, 3.8) is 0 Å². The van der Waals surface area contributed by atoms with Crippen molar-refractivity contribution in [2.24, 2.45) is 4.99 Å². The Hall–Kier alpha value is -2.69. The fraction of sp³-hybridized carbons (Fsp3) is 0.458. The molecule has 0 aliphatic carbocycles. The van der Waals surface area contributed by atoms with E-state index in [0.29, 0.717) is 41.9 Å². The maximum Gasteiger partial charge on any atom is 0.338 e. The zero-order valence-corrected chi connectivity index (χ0v) is 20.2. The van der Waals surface area contributed by atoms with Crippen LogP contribution >= 0.6 is 11.8 Å². The van der Waals surface area contributed by atoms with Crippen LogP contribution in [0.2, 0.25) is 0 Å². The first-order chi connectivity index (χ1) is 16.5. The number of amidine groups is 1. The van der Waals surface area contributed by atoms with Crippen molar-refractivity contribution < 1.29 is 23.5 Å². The number of hydrogen-bond acceptors (Lipinski definition) is 8. The largest absolute Gasteiger partial charge is 0.463 e. The fourth-order valence-corrected chi connectivity index (χ4v) is 5.20. The molecule has 1 aromatic rings. The van der Waals surface area contributed by atoms with Crippen LogP contribution in [0, 0.1) is 5.82 Å². The molecule has 0 saturated carbocycles. The molecule has 8 nitrogen and oxygen atoms in total. The van der Waals surface area contributed by atoms with Crippen LogP contribution in [-0.2, 0) is 19.1 Å². The maximum atomic E-state index is 15.0. The fourth-order valence-electron chi connectivity index (χ4n) is 4.24. The van der Waals surface area contributed by atoms with E-state index in [1.165, 1.54) is 17.8 Å². The van der Waals surface area contributed by atoms with Gasteiger partial charge < -0.3 is 19.7 Å². The molecular formula is C24H29FN4O4S. The lowest BCUT2D eigenvalue weighted by molar-refractivity contribution is -0.139. The number of carbonyl (C=O) groups is 2. The number of nitrogens with zero attached hydrogens (tertiary/aromatic N) is 3. The quantitative estimate of drug-likeness (QED) is 0.564. The lowest BCUT2D eigenvalue weighted by Gasteiger charge is -2.36. The predicted octanol–water partition coefficient (Wildman–Crippen LogP) is 2.80. The van der Waals surface area contributed by atoms with E-state index >= 15 is 0 Å². The number of fused-ring (bicyclic) bond motifs is 1. The second-order valence-corrected chi connectivity index (χ2v) is 8.95. The van der Waals surface area contributed by atoms with Crippen molar-refractivity contribution in [2.45, 2.75) is 26.3 Å². The summed E-state index contributed by atoms with van der Waals surface area (Å²) >= 11 is 1.36. The first-order valence-electron chi connectivity index (χ1n) is 11.4. The van der Waals surface area contributed by atoms with Crippen LogP contribution in [-0.4, -0.2) is 72.8 Å². The van der Waals surface area contributed by atoms with Gasteiger partial charge in [-0.15, -0.1) is 0 Å². The van der Waals surface area contributed by atoms with Gasteiger partial charge in [0.05, 0.1) is 43.6 Å². The van der Waals surface area contributed by atoms with Gasteiger partial charge in [0.15, 0.2) is 5.17 Å². The Labute approximate surface area is 202 Å². The van der Waals surface area contributed by atoms with Crippen LogP contribution in [0.4, 0.5) is 4.39 Å². The number of halogens is 1. The molecule has 0 radical (unpaired) electrons. The number of allylic oxidation sites excluding steroid dienone is 1. The Morgan fingerprint density at radius 2 is 2.06 bits per heavy atom. The summed E-state index contributed by atoms with van der Waals surface area (Å²) in [6.45, 7) is 8.07. The second-order valence-electron chi connectivity index (χ2n) is 8.12. The molecule has 1 N–H and O–H groups in total. The average Bonchev–Trinajstić information content (AvgIpc) is 3.21. The van der Waals surface area contributed by atoms with Gasteiger partial charge in [0, 0.05) is 37.4 Å². The molecule has 1 aromatic carbocycles. The van der Waals surface area contributed by atoms with Crippen LogP contribution in [0.5, 0.6) is 0 Å². The normalized spacial score (nSPS) is 20.6. The van der Waals surface area contributed by atoms with E-state index in [1.54, 1.807) is 36.9 Å². The summed E-state index contributed by atoms with van der Waals surface area (Å²) in [6.07, 6.45) is 0.0925. The Bertz CT molecular complexity index is 1040. The van der Waals surface area contributed by atoms with Crippen LogP contribution in [0.15, 0.2) is 51.6 Å². The van der Waals surface area contributed by atoms with E-state index < -0.39 is 17.8 Å². The van der Waals surface area contributed by atoms with Gasteiger partial charge in [0.1, 0.15) is 5.82 Å². The van der Waals surface area contributed by atoms with Crippen molar-refractivity contribution in [2.75, 3.05) is 46.0 Å². The van der Waals surface area contributed by atoms with Gasteiger partial charge in [-0.1, -0.05) is 30.0 Å². The van der Waals surface area contributed by atoms with Gasteiger partial charge in [-0.2, -0.15) is 0 Å². The Balaban J connectivity index is 1.53. The summed E-state index contributed by atoms with van der Waals surface area (Å²) < 4.78 is 25.6. The molecule has 182 valence electrons. The lowest BCUT2D eigenvalue weighted by Crippen LogP contribution is -2.42. The SMILES string of the molecule is CCOC(=O)C1=C(C)N=C2SC=C(CC(=O)NCCN3CCOCC3)N2[C@@H]1c1ccccc1F. The van der Waals surface area contributed by atoms with E-state index in [1.807, 2.05) is 5.41 Å². The highest BCUT2D eigenvalue weighted by Gasteiger charge is 2.42. The third-order valence-corrected chi connectivity index (χ3v) is 6.78. The van der Waals surface area contributed by atoms with E-state index in [9.17, 15) is 14.0 Å². The number of hydrogen-bond donors (Lipinski definition) is 1. The number of thioether (sulfide) groups is 1. The van der Waals surface area contributed by atoms with Crippen molar-refractivity contribution in [3.8, 4) is 0 Å². The van der Waals surface area contributed by atoms with Gasteiger partial charge in [0.2, 0.25) is 5.91 Å². The highest BCUT2D eigenvalue weighted by Crippen LogP contribution is 2.45. The summed E-state index contributed by atoms with van der Waals surface area (Å²) in [5.74, 6) is -1.12. The predicted molar refractivity (Wildman–Crippen MR) is 128 cm³/mol. The zero-order chi connectivity index (χ0) is 24.1. The molecule has 3 aliphatic rings. The smallest absolute Gasteiger partial charge is 0.338 e. The van der Waals surface area contributed by atoms with E-state index in [2.05, 4.69) is 15.2 Å². The van der Waals surface area contributed by atoms with Crippen LogP contribution < -0.4 is 5.32 Å². The van der Waals surface area contributed by atoms with Crippen molar-refractivity contribution >= 4 is 28.8 Å². The summed E-state index contributed by atoms with van der Waals surface area (Å²) in [4.78, 5) is 34.3. The first kappa shape index (κ1) is 24.4. The Morgan fingerprint density at radius 1 is 1.29 bits per heavy atom. The van der Waals surface area contributed by atoms with Crippen molar-refractivity contribution in [1.82, 2.24) is 15.1 Å². The van der Waals surface area contributed by atoms with Crippen molar-refractivity contribution in [1.29, 1.82) is 0 Å². The summed E-state index contributed by atoms with van der Waals surface area (Å²) in [5.41, 5.74) is 1.75. The summed E-state index contributed by atoms with van der Waals surface area (Å²) in [6, 6.07) is 5.58. The number of morpholine rings is 1. The minimum Gasteiger partial charge on any atom is -0.463 e. The molecule has 3 aliphatic heterocycles. The molecular weight excluding hydrogens is 459 g/mol. The minimum atomic E-state index is -0.768. The molecule has 0 bridgehead atoms. The highest BCUT2D eigenvalue weighted by molar-refractivity contribution is 8.16. The maximum absolute atomic E-state index is 15.0. The molecule has 0 spiro atoms. The van der Waals surface area contributed by atoms with Gasteiger partial charge >= 0.3 is 5.97 Å². The number of nitrogens with one attached hydrogen (secondary N) is 1. The van der Waals surface area contributed by atoms with Crippen LogP contribution in [0.25, 0.3) is 0 Å². The molecule has 4 rings (SSSR count). The standard InChI is InChI=1S/C24H29FN4O4S/c1-3-33-23(31)21-16(2)27-24-29(22(21)18-6-4-5-7-19(18)25)17(15-34-24)14-20(30)26-8-9-28-10-12-32-13-11-28/h4-7,15,22H,3,8-14H2,1-2H3,(H,26,30)/t22-/m1/s1. The number of ether oxygens (including phenoxy) is 2. The van der Waals surface area contributed by atoms with E-state index in [0.717, 1.165) is 19.6 Å². The molecule has 0 unspecified atom stereocenters. The molecule has 34 heavy (non-hydrogen) atoms. The molecule has 3 heterocycles. The molecule has 1 amide bonds. The Kier molecular flexibility index (Phi) is 8.02. The van der Waals surface area contributed by atoms with E-state index in [4.69, 9.17) is 9.47 Å². The molecule has 10 heteroatoms. The summed E-state index contributed by atoms with van der Waals surface area (Å²) in [5, 5.41) is 5.41. The molecule has 1 saturated heterocycles. The van der Waals surface area contributed by atoms with Crippen LogP contribution in [0.3, 0.4) is 0 Å². The van der Waals surface area contributed by atoms with Crippen LogP contribution in [0.1, 0.15) is 31.9 Å². The third kappa shape index (κ3) is 5.34. The van der Waals surface area contributed by atoms with Gasteiger partial charge in [-0.05, 0) is 25.3 Å². The van der Waals surface area contributed by atoms with Crippen molar-refractivity contribution in [3.05, 3.63) is 58.0 Å². The van der Waals surface area contributed by atoms with Gasteiger partial charge in [-0.25, -0.2) is 14.2 Å². The monoisotopic (exact) mass is 488 g/mol. The highest BCUT2D eigenvalue weighted by atomic mass is 32.2. The number of amides is 1. The number of aliphatic imine (C=N–C) groups is 1. The third-order valence-electron chi connectivity index (χ3n) is 5.89. The topological polar surface area (TPSA) is 83.5 Å². The Morgan fingerprint density at radius 3 is 2.79 bits per heavy atom. The van der Waals surface area contributed by atoms with Gasteiger partial charge in [-0.3, -0.25) is 9.69 Å². The average molecular weight is 489 g/mol. The molecule has 1 atom stereocenters. The number of esters is 1. The molecule has 1 fully saturated rings. The molecule has 0 aromatic heterocycles. The first-order valence-corrected chi connectivity index (χ1v) is 12.3. The van der Waals surface area contributed by atoms with E-state index in [-0.39, 0.29) is 24.5 Å². The number of carbonyl (C=O) groups excluding carboxylic acids is 2. The van der Waals surface area contributed by atoms with Gasteiger partial charge in [0.25, 0.3) is 0 Å².